The number of benzene rings is 4. The van der Waals surface area contributed by atoms with Gasteiger partial charge in [-0.1, -0.05) is 87.8 Å². The summed E-state index contributed by atoms with van der Waals surface area (Å²) >= 11 is 0. The van der Waals surface area contributed by atoms with Gasteiger partial charge in [0.1, 0.15) is 5.65 Å². The molecule has 0 amide bonds. The molecule has 0 aliphatic heterocycles. The Morgan fingerprint density at radius 2 is 1.35 bits per heavy atom. The molecule has 9 rings (SSSR count). The Kier molecular flexibility index (Phi) is 6.49. The topological polar surface area (TPSA) is 56.7 Å². The average molecular weight is 777 g/mol. The van der Waals surface area contributed by atoms with Gasteiger partial charge in [0, 0.05) is 46.9 Å². The van der Waals surface area contributed by atoms with Crippen LogP contribution in [0.25, 0.3) is 66.0 Å². The van der Waals surface area contributed by atoms with E-state index in [1.54, 1.807) is 0 Å². The number of fused-ring (bicyclic) bond motifs is 12. The van der Waals surface area contributed by atoms with Crippen LogP contribution in [0, 0.1) is 39.8 Å². The van der Waals surface area contributed by atoms with Gasteiger partial charge in [-0.05, 0) is 61.7 Å². The van der Waals surface area contributed by atoms with Crippen LogP contribution >= 0.6 is 0 Å². The number of aryl methyl sites for hydroxylation is 4. The second kappa shape index (κ2) is 10.5. The molecule has 0 aliphatic rings. The molecule has 224 valence electrons. The van der Waals surface area contributed by atoms with Gasteiger partial charge in [0.05, 0.1) is 17.0 Å². The molecule has 0 aliphatic carbocycles. The third-order valence-electron chi connectivity index (χ3n) is 8.77. The van der Waals surface area contributed by atoms with Gasteiger partial charge >= 0.3 is 21.1 Å². The van der Waals surface area contributed by atoms with Gasteiger partial charge in [0.2, 0.25) is 0 Å². The van der Waals surface area contributed by atoms with E-state index in [-0.39, 0.29) is 21.1 Å². The average Bonchev–Trinajstić information content (AvgIpc) is 3.65. The van der Waals surface area contributed by atoms with Crippen molar-refractivity contribution in [3.8, 4) is 22.8 Å². The molecule has 46 heavy (non-hydrogen) atoms. The third-order valence-corrected chi connectivity index (χ3v) is 8.77. The first kappa shape index (κ1) is 28.4. The quantitative estimate of drug-likeness (QED) is 0.133. The van der Waals surface area contributed by atoms with Crippen molar-refractivity contribution in [1.82, 2.24) is 23.8 Å². The maximum absolute atomic E-state index is 6.47. The van der Waals surface area contributed by atoms with E-state index in [9.17, 15) is 0 Å². The summed E-state index contributed by atoms with van der Waals surface area (Å²) in [5.41, 5.74) is 10.4. The Morgan fingerprint density at radius 1 is 0.674 bits per heavy atom. The number of para-hydroxylation sites is 1. The minimum atomic E-state index is 0. The van der Waals surface area contributed by atoms with Crippen LogP contribution in [0.15, 0.2) is 91.4 Å². The molecule has 0 saturated heterocycles. The first-order chi connectivity index (χ1) is 21.9. The zero-order valence-corrected chi connectivity index (χ0v) is 27.9. The minimum absolute atomic E-state index is 0. The van der Waals surface area contributed by atoms with E-state index in [0.29, 0.717) is 11.5 Å². The van der Waals surface area contributed by atoms with Crippen molar-refractivity contribution >= 4 is 54.8 Å². The zero-order valence-electron chi connectivity index (χ0n) is 25.6. The summed E-state index contributed by atoms with van der Waals surface area (Å²) in [4.78, 5) is 14.6. The Balaban J connectivity index is 0.00000312. The first-order valence-corrected chi connectivity index (χ1v) is 15.0. The summed E-state index contributed by atoms with van der Waals surface area (Å²) in [6, 6.07) is 32.1. The van der Waals surface area contributed by atoms with E-state index < -0.39 is 0 Å². The number of rotatable bonds is 3. The maximum atomic E-state index is 6.47. The monoisotopic (exact) mass is 776 g/mol. The summed E-state index contributed by atoms with van der Waals surface area (Å²) in [5, 5.41) is 6.09. The molecule has 0 bridgehead atoms. The number of ether oxygens (including phenoxy) is 1. The van der Waals surface area contributed by atoms with Crippen LogP contribution < -0.4 is 4.74 Å². The van der Waals surface area contributed by atoms with Crippen molar-refractivity contribution < 1.29 is 25.8 Å². The Hall–Kier alpha value is -5.06. The van der Waals surface area contributed by atoms with Gasteiger partial charge in [-0.2, -0.15) is 0 Å². The summed E-state index contributed by atoms with van der Waals surface area (Å²) in [6.07, 6.45) is 5.86. The van der Waals surface area contributed by atoms with Crippen molar-refractivity contribution in [3.05, 3.63) is 126 Å². The summed E-state index contributed by atoms with van der Waals surface area (Å²) < 4.78 is 10.8. The van der Waals surface area contributed by atoms with Crippen LogP contribution in [0.1, 0.15) is 22.4 Å². The predicted molar refractivity (Wildman–Crippen MR) is 180 cm³/mol. The fourth-order valence-corrected chi connectivity index (χ4v) is 7.05. The van der Waals surface area contributed by atoms with Crippen molar-refractivity contribution in [3.63, 3.8) is 0 Å². The van der Waals surface area contributed by atoms with Crippen molar-refractivity contribution in [1.29, 1.82) is 0 Å². The van der Waals surface area contributed by atoms with Gasteiger partial charge in [0.15, 0.2) is 0 Å². The number of aromatic nitrogens is 5. The van der Waals surface area contributed by atoms with Gasteiger partial charge < -0.3 is 13.5 Å². The minimum Gasteiger partial charge on any atom is -0.497 e. The van der Waals surface area contributed by atoms with Crippen molar-refractivity contribution in [2.75, 3.05) is 0 Å². The van der Waals surface area contributed by atoms with Gasteiger partial charge in [-0.3, -0.25) is 9.97 Å². The van der Waals surface area contributed by atoms with Crippen LogP contribution in [0.2, 0.25) is 0 Å². The van der Waals surface area contributed by atoms with Gasteiger partial charge in [0.25, 0.3) is 0 Å². The molecule has 0 unspecified atom stereocenters. The second-order valence-corrected chi connectivity index (χ2v) is 11.9. The van der Waals surface area contributed by atoms with E-state index in [1.807, 2.05) is 37.5 Å². The normalized spacial score (nSPS) is 11.7. The van der Waals surface area contributed by atoms with E-state index in [2.05, 4.69) is 102 Å². The SMILES string of the molecule is Cc1cc(C)c(-c2cnc3c4[c-]c(Oc5[c-]c6c(cc5)c5ccccc5n5cc(C)nc65)ccc4c4cccnc4n23)c(C)c1.[Pt+2]. The second-order valence-electron chi connectivity index (χ2n) is 11.9. The van der Waals surface area contributed by atoms with Crippen LogP contribution in [0.4, 0.5) is 0 Å². The van der Waals surface area contributed by atoms with Crippen molar-refractivity contribution in [2.24, 2.45) is 0 Å². The number of nitrogens with zero attached hydrogens (tertiary/aromatic N) is 5. The van der Waals surface area contributed by atoms with E-state index >= 15 is 0 Å². The number of hydrogen-bond acceptors (Lipinski definition) is 4. The molecule has 0 radical (unpaired) electrons. The molecular weight excluding hydrogens is 750 g/mol. The standard InChI is InChI=1S/C39H27N5O.Pt/c1-22-16-23(2)36(24(3)17-22)35-20-41-38-32-18-26(12-14-29(32)31-9-7-15-40-37(31)44(35)38)45-27-11-13-28-30-8-5-6-10-34(30)43-21-25(4)42-39(43)33(28)19-27;/h5-17,20-21H,1-4H3;/q-2;+2. The molecular formula is C39H27N5OPt. The Bertz CT molecular complexity index is 2660. The fourth-order valence-electron chi connectivity index (χ4n) is 7.05. The maximum Gasteiger partial charge on any atom is 2.00 e. The van der Waals surface area contributed by atoms with E-state index in [1.165, 1.54) is 22.3 Å². The largest absolute Gasteiger partial charge is 2.00 e. The molecule has 4 aromatic carbocycles. The molecule has 6 nitrogen and oxygen atoms in total. The summed E-state index contributed by atoms with van der Waals surface area (Å²) in [7, 11) is 0. The molecule has 0 fully saturated rings. The molecule has 9 aromatic rings. The number of hydrogen-bond donors (Lipinski definition) is 0. The summed E-state index contributed by atoms with van der Waals surface area (Å²) in [6.45, 7) is 8.46. The molecule has 0 spiro atoms. The molecule has 5 aromatic heterocycles. The molecule has 7 heteroatoms. The van der Waals surface area contributed by atoms with Crippen LogP contribution in [0.3, 0.4) is 0 Å². The molecule has 0 saturated carbocycles. The number of pyridine rings is 3. The predicted octanol–water partition coefficient (Wildman–Crippen LogP) is 9.28. The van der Waals surface area contributed by atoms with Crippen LogP contribution in [0.5, 0.6) is 11.5 Å². The van der Waals surface area contributed by atoms with Gasteiger partial charge in [-0.15, -0.1) is 12.1 Å². The molecule has 0 N–H and O–H groups in total. The van der Waals surface area contributed by atoms with Crippen molar-refractivity contribution in [2.45, 2.75) is 27.7 Å². The fraction of sp³-hybridized carbons (Fsp3) is 0.103. The molecule has 5 heterocycles. The van der Waals surface area contributed by atoms with E-state index in [0.717, 1.165) is 66.2 Å². The third kappa shape index (κ3) is 4.17. The van der Waals surface area contributed by atoms with E-state index in [4.69, 9.17) is 19.7 Å². The Morgan fingerprint density at radius 3 is 2.11 bits per heavy atom. The summed E-state index contributed by atoms with van der Waals surface area (Å²) in [5.74, 6) is 1.19. The Labute approximate surface area is 279 Å². The van der Waals surface area contributed by atoms with Crippen LogP contribution in [-0.2, 0) is 21.1 Å². The number of imidazole rings is 2. The van der Waals surface area contributed by atoms with Crippen LogP contribution in [-0.4, -0.2) is 23.8 Å². The zero-order chi connectivity index (χ0) is 30.4. The first-order valence-electron chi connectivity index (χ1n) is 15.0. The van der Waals surface area contributed by atoms with Gasteiger partial charge in [-0.25, -0.2) is 4.98 Å². The smallest absolute Gasteiger partial charge is 0.497 e. The molecule has 0 atom stereocenters.